The van der Waals surface area contributed by atoms with E-state index < -0.39 is 23.4 Å². The Kier molecular flexibility index (Phi) is 5.21. The van der Waals surface area contributed by atoms with Crippen LogP contribution in [-0.2, 0) is 4.79 Å². The van der Waals surface area contributed by atoms with Crippen LogP contribution in [0.4, 0.5) is 18.9 Å². The molecule has 0 unspecified atom stereocenters. The van der Waals surface area contributed by atoms with E-state index in [1.54, 1.807) is 0 Å². The van der Waals surface area contributed by atoms with E-state index in [0.29, 0.717) is 4.47 Å². The molecule has 21 heavy (non-hydrogen) atoms. The van der Waals surface area contributed by atoms with Crippen LogP contribution in [0.1, 0.15) is 13.8 Å². The Hall–Kier alpha value is -1.35. The molecule has 0 atom stereocenters. The minimum atomic E-state index is -4.88. The molecule has 0 saturated carbocycles. The number of halogens is 4. The first-order valence-corrected chi connectivity index (χ1v) is 6.80. The van der Waals surface area contributed by atoms with Gasteiger partial charge in [-0.3, -0.25) is 4.79 Å². The Balaban J connectivity index is 3.09. The highest BCUT2D eigenvalue weighted by Crippen LogP contribution is 2.34. The third-order valence-electron chi connectivity index (χ3n) is 2.60. The highest BCUT2D eigenvalue weighted by molar-refractivity contribution is 9.10. The zero-order chi connectivity index (χ0) is 16.4. The van der Waals surface area contributed by atoms with Crippen LogP contribution in [0.15, 0.2) is 22.7 Å². The predicted octanol–water partition coefficient (Wildman–Crippen LogP) is 3.60. The SMILES string of the molecule is CC(C)(C(=O)Nc1ccc(Br)cc1OC(F)(F)F)C(N)=S. The number of carbonyl (C=O) groups excluding carboxylic acids is 1. The molecule has 0 heterocycles. The number of hydrogen-bond acceptors (Lipinski definition) is 3. The largest absolute Gasteiger partial charge is 0.573 e. The average molecular weight is 385 g/mol. The minimum Gasteiger partial charge on any atom is -0.404 e. The molecule has 4 nitrogen and oxygen atoms in total. The minimum absolute atomic E-state index is 0.0737. The van der Waals surface area contributed by atoms with Gasteiger partial charge in [0.25, 0.3) is 0 Å². The van der Waals surface area contributed by atoms with Crippen LogP contribution in [0.25, 0.3) is 0 Å². The van der Waals surface area contributed by atoms with Gasteiger partial charge in [0.2, 0.25) is 5.91 Å². The molecule has 9 heteroatoms. The first-order chi connectivity index (χ1) is 9.43. The maximum Gasteiger partial charge on any atom is 0.573 e. The molecule has 0 aromatic heterocycles. The van der Waals surface area contributed by atoms with Gasteiger partial charge in [0.1, 0.15) is 0 Å². The van der Waals surface area contributed by atoms with E-state index in [0.717, 1.165) is 6.07 Å². The van der Waals surface area contributed by atoms with Crippen molar-refractivity contribution >= 4 is 44.7 Å². The van der Waals surface area contributed by atoms with E-state index in [2.05, 4.69) is 26.0 Å². The summed E-state index contributed by atoms with van der Waals surface area (Å²) in [6, 6.07) is 3.84. The topological polar surface area (TPSA) is 64.3 Å². The second-order valence-electron chi connectivity index (χ2n) is 4.63. The monoisotopic (exact) mass is 384 g/mol. The second kappa shape index (κ2) is 6.18. The lowest BCUT2D eigenvalue weighted by Gasteiger charge is -2.23. The fraction of sp³-hybridized carbons (Fsp3) is 0.333. The normalized spacial score (nSPS) is 11.9. The van der Waals surface area contributed by atoms with E-state index in [1.807, 2.05) is 0 Å². The molecule has 1 aromatic carbocycles. The summed E-state index contributed by atoms with van der Waals surface area (Å²) in [6.07, 6.45) is -4.88. The number of benzene rings is 1. The van der Waals surface area contributed by atoms with Gasteiger partial charge in [0, 0.05) is 4.47 Å². The Bertz CT molecular complexity index is 576. The van der Waals surface area contributed by atoms with Crippen molar-refractivity contribution in [2.45, 2.75) is 20.2 Å². The number of amides is 1. The summed E-state index contributed by atoms with van der Waals surface area (Å²) in [5, 5.41) is 2.33. The summed E-state index contributed by atoms with van der Waals surface area (Å²) in [6.45, 7) is 2.93. The van der Waals surface area contributed by atoms with E-state index in [1.165, 1.54) is 26.0 Å². The van der Waals surface area contributed by atoms with Gasteiger partial charge >= 0.3 is 6.36 Å². The van der Waals surface area contributed by atoms with E-state index >= 15 is 0 Å². The Morgan fingerprint density at radius 3 is 2.43 bits per heavy atom. The number of hydrogen-bond donors (Lipinski definition) is 2. The highest BCUT2D eigenvalue weighted by atomic mass is 79.9. The Labute approximate surface area is 133 Å². The number of carbonyl (C=O) groups is 1. The van der Waals surface area contributed by atoms with E-state index in [-0.39, 0.29) is 10.7 Å². The maximum atomic E-state index is 12.4. The van der Waals surface area contributed by atoms with Gasteiger partial charge in [-0.2, -0.15) is 0 Å². The number of alkyl halides is 3. The maximum absolute atomic E-state index is 12.4. The molecule has 0 fully saturated rings. The fourth-order valence-corrected chi connectivity index (χ4v) is 1.63. The Morgan fingerprint density at radius 1 is 1.38 bits per heavy atom. The fourth-order valence-electron chi connectivity index (χ4n) is 1.20. The van der Waals surface area contributed by atoms with Crippen LogP contribution >= 0.6 is 28.1 Å². The van der Waals surface area contributed by atoms with Gasteiger partial charge < -0.3 is 15.8 Å². The number of nitrogens with one attached hydrogen (secondary N) is 1. The van der Waals surface area contributed by atoms with Gasteiger partial charge in [-0.15, -0.1) is 13.2 Å². The molecule has 1 rings (SSSR count). The molecule has 116 valence electrons. The molecule has 0 bridgehead atoms. The number of nitrogens with two attached hydrogens (primary N) is 1. The zero-order valence-electron chi connectivity index (χ0n) is 11.0. The molecule has 0 aliphatic rings. The number of anilines is 1. The van der Waals surface area contributed by atoms with Crippen LogP contribution in [0.2, 0.25) is 0 Å². The first-order valence-electron chi connectivity index (χ1n) is 5.60. The van der Waals surface area contributed by atoms with Crippen LogP contribution in [0, 0.1) is 5.41 Å². The first kappa shape index (κ1) is 17.7. The summed E-state index contributed by atoms with van der Waals surface area (Å²) in [7, 11) is 0. The molecule has 3 N–H and O–H groups in total. The second-order valence-corrected chi connectivity index (χ2v) is 5.99. The number of thiocarbonyl (C=S) groups is 1. The van der Waals surface area contributed by atoms with Crippen LogP contribution in [-0.4, -0.2) is 17.3 Å². The van der Waals surface area contributed by atoms with E-state index in [4.69, 9.17) is 18.0 Å². The van der Waals surface area contributed by atoms with Crippen molar-refractivity contribution in [3.8, 4) is 5.75 Å². The molecule has 0 radical (unpaired) electrons. The molecular formula is C12H12BrF3N2O2S. The van der Waals surface area contributed by atoms with Crippen molar-refractivity contribution in [3.05, 3.63) is 22.7 Å². The third-order valence-corrected chi connectivity index (χ3v) is 3.60. The molecule has 1 amide bonds. The third kappa shape index (κ3) is 4.85. The summed E-state index contributed by atoms with van der Waals surface area (Å²) >= 11 is 7.80. The number of ether oxygens (including phenoxy) is 1. The van der Waals surface area contributed by atoms with Crippen molar-refractivity contribution in [2.75, 3.05) is 5.32 Å². The summed E-state index contributed by atoms with van der Waals surface area (Å²) in [5.74, 6) is -1.17. The lowest BCUT2D eigenvalue weighted by atomic mass is 9.92. The molecule has 0 spiro atoms. The smallest absolute Gasteiger partial charge is 0.404 e. The van der Waals surface area contributed by atoms with Crippen molar-refractivity contribution in [1.82, 2.24) is 0 Å². The van der Waals surface area contributed by atoms with E-state index in [9.17, 15) is 18.0 Å². The summed E-state index contributed by atoms with van der Waals surface area (Å²) in [4.78, 5) is 12.0. The van der Waals surface area contributed by atoms with Crippen molar-refractivity contribution in [2.24, 2.45) is 11.1 Å². The summed E-state index contributed by atoms with van der Waals surface area (Å²) < 4.78 is 41.3. The number of rotatable bonds is 4. The lowest BCUT2D eigenvalue weighted by Crippen LogP contribution is -2.41. The standard InChI is InChI=1S/C12H12BrF3N2O2S/c1-11(2,9(17)21)10(19)18-7-4-3-6(13)5-8(7)20-12(14,15)16/h3-5H,1-2H3,(H2,17,21)(H,18,19). The molecule has 0 aliphatic carbocycles. The van der Waals surface area contributed by atoms with Crippen molar-refractivity contribution < 1.29 is 22.7 Å². The van der Waals surface area contributed by atoms with Gasteiger partial charge in [-0.05, 0) is 32.0 Å². The predicted molar refractivity (Wildman–Crippen MR) is 80.0 cm³/mol. The van der Waals surface area contributed by atoms with Crippen molar-refractivity contribution in [1.29, 1.82) is 0 Å². The molecule has 0 aliphatic heterocycles. The van der Waals surface area contributed by atoms with Crippen LogP contribution in [0.5, 0.6) is 5.75 Å². The summed E-state index contributed by atoms with van der Waals surface area (Å²) in [5.41, 5.74) is 4.10. The highest BCUT2D eigenvalue weighted by Gasteiger charge is 2.34. The molecular weight excluding hydrogens is 373 g/mol. The Morgan fingerprint density at radius 2 is 1.95 bits per heavy atom. The average Bonchev–Trinajstić information content (AvgIpc) is 2.30. The molecule has 1 aromatic rings. The quantitative estimate of drug-likeness (QED) is 0.778. The van der Waals surface area contributed by atoms with Crippen molar-refractivity contribution in [3.63, 3.8) is 0 Å². The van der Waals surface area contributed by atoms with Gasteiger partial charge in [0.05, 0.1) is 16.1 Å². The zero-order valence-corrected chi connectivity index (χ0v) is 13.4. The van der Waals surface area contributed by atoms with Crippen LogP contribution in [0.3, 0.4) is 0 Å². The van der Waals surface area contributed by atoms with Gasteiger partial charge in [-0.1, -0.05) is 28.1 Å². The van der Waals surface area contributed by atoms with Crippen LogP contribution < -0.4 is 15.8 Å². The van der Waals surface area contributed by atoms with Gasteiger partial charge in [-0.25, -0.2) is 0 Å². The lowest BCUT2D eigenvalue weighted by molar-refractivity contribution is -0.274. The van der Waals surface area contributed by atoms with Gasteiger partial charge in [0.15, 0.2) is 5.75 Å². The molecule has 0 saturated heterocycles.